The van der Waals surface area contributed by atoms with Crippen LogP contribution in [0, 0.1) is 11.7 Å². The molecule has 0 saturated carbocycles. The summed E-state index contributed by atoms with van der Waals surface area (Å²) < 4.78 is 18.8. The molecule has 1 aromatic carbocycles. The lowest BCUT2D eigenvalue weighted by molar-refractivity contribution is -0.122. The van der Waals surface area contributed by atoms with Gasteiger partial charge >= 0.3 is 0 Å². The van der Waals surface area contributed by atoms with Gasteiger partial charge in [-0.05, 0) is 36.4 Å². The Bertz CT molecular complexity index is 1100. The largest absolute Gasteiger partial charge is 0.467 e. The van der Waals surface area contributed by atoms with E-state index in [0.717, 1.165) is 11.3 Å². The lowest BCUT2D eigenvalue weighted by atomic mass is 10.1. The number of halogens is 1. The fourth-order valence-corrected chi connectivity index (χ4v) is 4.64. The Hall–Kier alpha value is -3.25. The van der Waals surface area contributed by atoms with Crippen molar-refractivity contribution in [1.29, 1.82) is 0 Å². The molecule has 1 atom stereocenters. The van der Waals surface area contributed by atoms with Gasteiger partial charge in [-0.25, -0.2) is 4.39 Å². The third kappa shape index (κ3) is 5.51. The maximum Gasteiger partial charge on any atom is 0.231 e. The molecule has 3 aromatic rings. The van der Waals surface area contributed by atoms with E-state index in [4.69, 9.17) is 4.42 Å². The number of carbonyl (C=O) groups is 3. The highest BCUT2D eigenvalue weighted by atomic mass is 32.2. The van der Waals surface area contributed by atoms with Gasteiger partial charge in [0.2, 0.25) is 22.9 Å². The monoisotopic (exact) mass is 475 g/mol. The molecule has 0 spiro atoms. The first kappa shape index (κ1) is 22.0. The van der Waals surface area contributed by atoms with Gasteiger partial charge in [0, 0.05) is 18.7 Å². The third-order valence-corrected chi connectivity index (χ3v) is 6.61. The molecular formula is C20H18FN5O4S2. The van der Waals surface area contributed by atoms with Gasteiger partial charge in [-0.1, -0.05) is 23.1 Å². The highest BCUT2D eigenvalue weighted by molar-refractivity contribution is 8.01. The van der Waals surface area contributed by atoms with Crippen molar-refractivity contribution in [3.63, 3.8) is 0 Å². The van der Waals surface area contributed by atoms with Gasteiger partial charge in [-0.3, -0.25) is 14.4 Å². The number of carbonyl (C=O) groups excluding carboxylic acids is 3. The first-order valence-electron chi connectivity index (χ1n) is 9.60. The lowest BCUT2D eigenvalue weighted by Crippen LogP contribution is -2.28. The average molecular weight is 476 g/mol. The van der Waals surface area contributed by atoms with Crippen molar-refractivity contribution in [2.24, 2.45) is 5.92 Å². The number of rotatable bonds is 8. The fourth-order valence-electron chi connectivity index (χ4n) is 3.06. The second kappa shape index (κ2) is 9.92. The van der Waals surface area contributed by atoms with Crippen LogP contribution in [-0.2, 0) is 20.9 Å². The van der Waals surface area contributed by atoms with Crippen LogP contribution < -0.4 is 15.5 Å². The van der Waals surface area contributed by atoms with Crippen LogP contribution in [0.2, 0.25) is 0 Å². The van der Waals surface area contributed by atoms with E-state index in [1.165, 1.54) is 47.2 Å². The molecule has 0 bridgehead atoms. The number of anilines is 2. The molecule has 9 nitrogen and oxygen atoms in total. The molecule has 1 saturated heterocycles. The van der Waals surface area contributed by atoms with E-state index in [2.05, 4.69) is 20.8 Å². The molecule has 12 heteroatoms. The van der Waals surface area contributed by atoms with E-state index in [1.807, 2.05) is 0 Å². The number of hydrogen-bond acceptors (Lipinski definition) is 8. The summed E-state index contributed by atoms with van der Waals surface area (Å²) in [5.41, 5.74) is 0.548. The molecule has 1 aliphatic heterocycles. The number of furan rings is 1. The first-order chi connectivity index (χ1) is 15.5. The van der Waals surface area contributed by atoms with Crippen LogP contribution in [0.3, 0.4) is 0 Å². The second-order valence-corrected chi connectivity index (χ2v) is 9.09. The highest BCUT2D eigenvalue weighted by Crippen LogP contribution is 2.28. The fraction of sp³-hybridized carbons (Fsp3) is 0.250. The van der Waals surface area contributed by atoms with Crippen molar-refractivity contribution in [3.8, 4) is 0 Å². The second-order valence-electron chi connectivity index (χ2n) is 6.89. The summed E-state index contributed by atoms with van der Waals surface area (Å²) in [4.78, 5) is 38.2. The van der Waals surface area contributed by atoms with E-state index >= 15 is 0 Å². The van der Waals surface area contributed by atoms with Crippen LogP contribution in [0.4, 0.5) is 15.2 Å². The minimum atomic E-state index is -0.556. The molecule has 2 aromatic heterocycles. The Morgan fingerprint density at radius 1 is 1.25 bits per heavy atom. The van der Waals surface area contributed by atoms with E-state index in [-0.39, 0.29) is 36.4 Å². The normalized spacial score (nSPS) is 15.7. The number of nitrogens with one attached hydrogen (secondary N) is 2. The summed E-state index contributed by atoms with van der Waals surface area (Å²) in [6.45, 7) is 0.505. The summed E-state index contributed by atoms with van der Waals surface area (Å²) >= 11 is 2.35. The number of thioether (sulfide) groups is 1. The van der Waals surface area contributed by atoms with Crippen molar-refractivity contribution in [2.45, 2.75) is 17.3 Å². The Kier molecular flexibility index (Phi) is 6.81. The van der Waals surface area contributed by atoms with E-state index in [0.29, 0.717) is 27.5 Å². The maximum absolute atomic E-state index is 13.1. The molecule has 0 radical (unpaired) electrons. The van der Waals surface area contributed by atoms with Crippen molar-refractivity contribution in [3.05, 3.63) is 54.2 Å². The van der Waals surface area contributed by atoms with Gasteiger partial charge in [0.15, 0.2) is 4.34 Å². The number of nitrogens with zero attached hydrogens (tertiary/aromatic N) is 3. The molecule has 3 heterocycles. The zero-order chi connectivity index (χ0) is 22.5. The number of hydrogen-bond donors (Lipinski definition) is 2. The van der Waals surface area contributed by atoms with Crippen LogP contribution in [-0.4, -0.2) is 40.2 Å². The summed E-state index contributed by atoms with van der Waals surface area (Å²) in [5, 5.41) is 13.6. The van der Waals surface area contributed by atoms with Crippen molar-refractivity contribution >= 4 is 51.6 Å². The zero-order valence-corrected chi connectivity index (χ0v) is 18.2. The molecule has 0 aliphatic carbocycles. The molecule has 2 N–H and O–H groups in total. The lowest BCUT2D eigenvalue weighted by Gasteiger charge is -2.16. The third-order valence-electron chi connectivity index (χ3n) is 4.64. The summed E-state index contributed by atoms with van der Waals surface area (Å²) in [6, 6.07) is 9.07. The van der Waals surface area contributed by atoms with Gasteiger partial charge in [-0.15, -0.1) is 10.2 Å². The maximum atomic E-state index is 13.1. The molecule has 166 valence electrons. The van der Waals surface area contributed by atoms with Gasteiger partial charge in [-0.2, -0.15) is 0 Å². The Morgan fingerprint density at radius 2 is 2.06 bits per heavy atom. The topological polar surface area (TPSA) is 117 Å². The summed E-state index contributed by atoms with van der Waals surface area (Å²) in [7, 11) is 0. The molecule has 1 aliphatic rings. The molecule has 4 rings (SSSR count). The first-order valence-corrected chi connectivity index (χ1v) is 11.4. The van der Waals surface area contributed by atoms with Crippen molar-refractivity contribution < 1.29 is 23.2 Å². The molecule has 3 amide bonds. The van der Waals surface area contributed by atoms with Crippen molar-refractivity contribution in [1.82, 2.24) is 15.5 Å². The molecule has 32 heavy (non-hydrogen) atoms. The SMILES string of the molecule is O=C(CSc1nnc(NC(=O)[C@H]2CC(=O)N(c3ccc(F)cc3)C2)s1)NCc1ccco1. The minimum absolute atomic E-state index is 0.0550. The predicted octanol–water partition coefficient (Wildman–Crippen LogP) is 2.67. The summed E-state index contributed by atoms with van der Waals surface area (Å²) in [6.07, 6.45) is 1.59. The van der Waals surface area contributed by atoms with Crippen molar-refractivity contribution in [2.75, 3.05) is 22.5 Å². The standard InChI is InChI=1S/C20H18FN5O4S2/c21-13-3-5-14(6-4-13)26-10-12(8-17(26)28)18(29)23-19-24-25-20(32-19)31-11-16(27)22-9-15-2-1-7-30-15/h1-7,12H,8-11H2,(H,22,27)(H,23,24,29)/t12-/m0/s1. The number of aromatic nitrogens is 2. The molecule has 0 unspecified atom stereocenters. The Labute approximate surface area is 190 Å². The van der Waals surface area contributed by atoms with E-state index < -0.39 is 11.7 Å². The summed E-state index contributed by atoms with van der Waals surface area (Å²) in [5.74, 6) is -0.870. The molecule has 1 fully saturated rings. The average Bonchev–Trinajstić information content (AvgIpc) is 3.53. The smallest absolute Gasteiger partial charge is 0.231 e. The predicted molar refractivity (Wildman–Crippen MR) is 117 cm³/mol. The number of benzene rings is 1. The van der Waals surface area contributed by atoms with Crippen LogP contribution in [0.5, 0.6) is 0 Å². The minimum Gasteiger partial charge on any atom is -0.467 e. The van der Waals surface area contributed by atoms with Crippen LogP contribution in [0.1, 0.15) is 12.2 Å². The van der Waals surface area contributed by atoms with Gasteiger partial charge in [0.05, 0.1) is 24.5 Å². The van der Waals surface area contributed by atoms with Crippen LogP contribution in [0.25, 0.3) is 0 Å². The van der Waals surface area contributed by atoms with Gasteiger partial charge < -0.3 is 20.0 Å². The van der Waals surface area contributed by atoms with Gasteiger partial charge in [0.1, 0.15) is 11.6 Å². The van der Waals surface area contributed by atoms with E-state index in [1.54, 1.807) is 12.1 Å². The quantitative estimate of drug-likeness (QED) is 0.380. The number of amides is 3. The van der Waals surface area contributed by atoms with E-state index in [9.17, 15) is 18.8 Å². The Balaban J connectivity index is 1.25. The Morgan fingerprint density at radius 3 is 2.81 bits per heavy atom. The molecular weight excluding hydrogens is 457 g/mol. The van der Waals surface area contributed by atoms with Crippen LogP contribution in [0.15, 0.2) is 51.4 Å². The zero-order valence-electron chi connectivity index (χ0n) is 16.6. The highest BCUT2D eigenvalue weighted by Gasteiger charge is 2.35. The van der Waals surface area contributed by atoms with Crippen LogP contribution >= 0.6 is 23.1 Å². The van der Waals surface area contributed by atoms with Gasteiger partial charge in [0.25, 0.3) is 0 Å².